The van der Waals surface area contributed by atoms with Crippen molar-refractivity contribution in [2.24, 2.45) is 5.92 Å². The number of non-ortho nitro benzene ring substituents is 1. The number of β-lactam (4-membered cyclic amide) rings is 1. The van der Waals surface area contributed by atoms with Crippen molar-refractivity contribution in [2.75, 3.05) is 18.6 Å². The molecule has 0 aromatic heterocycles. The number of nitro benzene ring substituents is 1. The molecule has 2 saturated heterocycles. The van der Waals surface area contributed by atoms with E-state index in [-0.39, 0.29) is 24.2 Å². The van der Waals surface area contributed by atoms with E-state index in [2.05, 4.69) is 0 Å². The average molecular weight is 456 g/mol. The molecule has 0 saturated carbocycles. The minimum Gasteiger partial charge on any atom is -0.429 e. The van der Waals surface area contributed by atoms with Gasteiger partial charge in [0.25, 0.3) is 5.69 Å². The molecule has 0 bridgehead atoms. The summed E-state index contributed by atoms with van der Waals surface area (Å²) in [6, 6.07) is 5.09. The van der Waals surface area contributed by atoms with Gasteiger partial charge in [-0.3, -0.25) is 14.9 Å². The molecule has 0 radical (unpaired) electrons. The minimum absolute atomic E-state index is 0.105. The largest absolute Gasteiger partial charge is 0.508 e. The number of amides is 1. The molecule has 11 nitrogen and oxygen atoms in total. The highest BCUT2D eigenvalue weighted by Crippen LogP contribution is 2.42. The van der Waals surface area contributed by atoms with Gasteiger partial charge in [-0.2, -0.15) is 0 Å². The molecule has 3 rings (SSSR count). The van der Waals surface area contributed by atoms with E-state index in [0.29, 0.717) is 18.6 Å². The quantitative estimate of drug-likeness (QED) is 0.259. The Morgan fingerprint density at radius 3 is 2.58 bits per heavy atom. The maximum atomic E-state index is 12.8. The van der Waals surface area contributed by atoms with Crippen LogP contribution >= 0.6 is 0 Å². The molecule has 0 spiro atoms. The molecule has 3 atom stereocenters. The molecule has 2 fully saturated rings. The minimum atomic E-state index is -3.56. The number of carbonyl (C=O) groups is 2. The fourth-order valence-electron chi connectivity index (χ4n) is 3.97. The van der Waals surface area contributed by atoms with E-state index in [1.54, 1.807) is 18.7 Å². The number of carbonyl (C=O) groups excluding carboxylic acids is 2. The standard InChI is InChI=1S/C19H24N2O9S/c1-19(2)20-14(8-9-29-19)16(17(20)22)15(11-31(3,26)27)30-18(23)28-10-12-4-6-13(7-5-12)21(24)25/h4-7,14-16H,8-11H2,1-3H3/t14-,15+,16-/m1/s1. The third kappa shape index (κ3) is 5.13. The van der Waals surface area contributed by atoms with Crippen LogP contribution in [0, 0.1) is 16.0 Å². The summed E-state index contributed by atoms with van der Waals surface area (Å²) in [4.78, 5) is 36.7. The lowest BCUT2D eigenvalue weighted by molar-refractivity contribution is -0.384. The van der Waals surface area contributed by atoms with Crippen LogP contribution in [0.3, 0.4) is 0 Å². The van der Waals surface area contributed by atoms with Crippen molar-refractivity contribution < 1.29 is 37.1 Å². The van der Waals surface area contributed by atoms with Gasteiger partial charge in [-0.15, -0.1) is 0 Å². The van der Waals surface area contributed by atoms with E-state index in [1.165, 1.54) is 24.3 Å². The Balaban J connectivity index is 1.66. The monoisotopic (exact) mass is 456 g/mol. The van der Waals surface area contributed by atoms with E-state index in [0.717, 1.165) is 6.26 Å². The first-order valence-electron chi connectivity index (χ1n) is 9.60. The first-order valence-corrected chi connectivity index (χ1v) is 11.7. The Kier molecular flexibility index (Phi) is 6.23. The van der Waals surface area contributed by atoms with Gasteiger partial charge in [-0.1, -0.05) is 0 Å². The van der Waals surface area contributed by atoms with Crippen LogP contribution in [0.1, 0.15) is 25.8 Å². The van der Waals surface area contributed by atoms with Gasteiger partial charge in [0.2, 0.25) is 5.91 Å². The molecule has 1 amide bonds. The normalized spacial score (nSPS) is 23.3. The molecule has 0 unspecified atom stereocenters. The van der Waals surface area contributed by atoms with E-state index in [9.17, 15) is 28.1 Å². The molecule has 31 heavy (non-hydrogen) atoms. The summed E-state index contributed by atoms with van der Waals surface area (Å²) in [6.45, 7) is 3.67. The molecule has 12 heteroatoms. The molecule has 2 aliphatic rings. The lowest BCUT2D eigenvalue weighted by atomic mass is 9.78. The molecular weight excluding hydrogens is 432 g/mol. The number of nitro groups is 1. The Labute approximate surface area is 179 Å². The topological polar surface area (TPSA) is 142 Å². The van der Waals surface area contributed by atoms with Gasteiger partial charge in [0, 0.05) is 18.4 Å². The fourth-order valence-corrected chi connectivity index (χ4v) is 4.84. The van der Waals surface area contributed by atoms with E-state index < -0.39 is 44.4 Å². The van der Waals surface area contributed by atoms with E-state index in [4.69, 9.17) is 14.2 Å². The highest BCUT2D eigenvalue weighted by atomic mass is 32.2. The Hall–Kier alpha value is -2.73. The number of hydrogen-bond donors (Lipinski definition) is 0. The Morgan fingerprint density at radius 2 is 2.00 bits per heavy atom. The van der Waals surface area contributed by atoms with Crippen molar-refractivity contribution in [1.29, 1.82) is 0 Å². The van der Waals surface area contributed by atoms with Crippen molar-refractivity contribution in [1.82, 2.24) is 4.90 Å². The summed E-state index contributed by atoms with van der Waals surface area (Å²) in [5.74, 6) is -1.65. The van der Waals surface area contributed by atoms with Crippen LogP contribution in [0.25, 0.3) is 0 Å². The van der Waals surface area contributed by atoms with Crippen molar-refractivity contribution in [2.45, 2.75) is 44.7 Å². The van der Waals surface area contributed by atoms with Crippen LogP contribution < -0.4 is 0 Å². The molecule has 1 aromatic rings. The number of ether oxygens (including phenoxy) is 3. The molecule has 2 aliphatic heterocycles. The second-order valence-electron chi connectivity index (χ2n) is 8.10. The van der Waals surface area contributed by atoms with Crippen molar-refractivity contribution in [3.63, 3.8) is 0 Å². The summed E-state index contributed by atoms with van der Waals surface area (Å²) < 4.78 is 39.7. The summed E-state index contributed by atoms with van der Waals surface area (Å²) in [5.41, 5.74) is -0.436. The van der Waals surface area contributed by atoms with E-state index >= 15 is 0 Å². The zero-order valence-electron chi connectivity index (χ0n) is 17.3. The van der Waals surface area contributed by atoms with Crippen LogP contribution in [0.5, 0.6) is 0 Å². The smallest absolute Gasteiger partial charge is 0.429 e. The number of nitrogens with zero attached hydrogens (tertiary/aromatic N) is 2. The number of rotatable bonds is 7. The molecular formula is C19H24N2O9S. The summed E-state index contributed by atoms with van der Waals surface area (Å²) in [6.07, 6.45) is -0.812. The lowest BCUT2D eigenvalue weighted by Gasteiger charge is -2.58. The summed E-state index contributed by atoms with van der Waals surface area (Å²) in [7, 11) is -3.56. The Bertz CT molecular complexity index is 975. The highest BCUT2D eigenvalue weighted by Gasteiger charge is 2.59. The molecule has 1 aromatic carbocycles. The number of fused-ring (bicyclic) bond motifs is 1. The first kappa shape index (κ1) is 22.9. The second-order valence-corrected chi connectivity index (χ2v) is 10.3. The third-order valence-corrected chi connectivity index (χ3v) is 6.27. The van der Waals surface area contributed by atoms with Crippen molar-refractivity contribution in [3.8, 4) is 0 Å². The first-order chi connectivity index (χ1) is 14.4. The van der Waals surface area contributed by atoms with Gasteiger partial charge in [-0.05, 0) is 38.0 Å². The van der Waals surface area contributed by atoms with Gasteiger partial charge < -0.3 is 19.1 Å². The highest BCUT2D eigenvalue weighted by molar-refractivity contribution is 7.90. The van der Waals surface area contributed by atoms with Gasteiger partial charge >= 0.3 is 6.16 Å². The summed E-state index contributed by atoms with van der Waals surface area (Å²) >= 11 is 0. The second kappa shape index (κ2) is 8.42. The van der Waals surface area contributed by atoms with Crippen molar-refractivity contribution in [3.05, 3.63) is 39.9 Å². The van der Waals surface area contributed by atoms with Crippen LogP contribution in [0.4, 0.5) is 10.5 Å². The maximum absolute atomic E-state index is 12.8. The third-order valence-electron chi connectivity index (χ3n) is 5.34. The molecule has 0 aliphatic carbocycles. The van der Waals surface area contributed by atoms with Gasteiger partial charge in [-0.25, -0.2) is 13.2 Å². The van der Waals surface area contributed by atoms with Crippen LogP contribution in [0.2, 0.25) is 0 Å². The van der Waals surface area contributed by atoms with E-state index in [1.807, 2.05) is 0 Å². The summed E-state index contributed by atoms with van der Waals surface area (Å²) in [5, 5.41) is 10.7. The SMILES string of the molecule is CC1(C)OCC[C@@H]2[C@H]([C@H](CS(C)(=O)=O)OC(=O)OCc3ccc([N+](=O)[O-])cc3)C(=O)N21. The van der Waals surface area contributed by atoms with Gasteiger partial charge in [0.15, 0.2) is 9.84 Å². The molecule has 0 N–H and O–H groups in total. The lowest BCUT2D eigenvalue weighted by Crippen LogP contribution is -2.74. The average Bonchev–Trinajstić information content (AvgIpc) is 2.64. The number of benzene rings is 1. The number of sulfone groups is 1. The maximum Gasteiger partial charge on any atom is 0.508 e. The van der Waals surface area contributed by atoms with Crippen LogP contribution in [-0.4, -0.2) is 66.8 Å². The van der Waals surface area contributed by atoms with Crippen LogP contribution in [0.15, 0.2) is 24.3 Å². The molecule has 2 heterocycles. The zero-order chi connectivity index (χ0) is 23.0. The predicted octanol–water partition coefficient (Wildman–Crippen LogP) is 1.64. The molecule has 170 valence electrons. The fraction of sp³-hybridized carbons (Fsp3) is 0.579. The van der Waals surface area contributed by atoms with Crippen LogP contribution in [-0.2, 0) is 35.4 Å². The van der Waals surface area contributed by atoms with Gasteiger partial charge in [0.1, 0.15) is 18.4 Å². The zero-order valence-corrected chi connectivity index (χ0v) is 18.2. The Morgan fingerprint density at radius 1 is 1.35 bits per heavy atom. The predicted molar refractivity (Wildman–Crippen MR) is 107 cm³/mol. The van der Waals surface area contributed by atoms with Gasteiger partial charge in [0.05, 0.1) is 29.2 Å². The number of hydrogen-bond acceptors (Lipinski definition) is 9. The van der Waals surface area contributed by atoms with Crippen molar-refractivity contribution >= 4 is 27.6 Å².